The minimum atomic E-state index is -0.363. The van der Waals surface area contributed by atoms with Crippen LogP contribution in [0, 0.1) is 0 Å². The number of rotatable bonds is 0. The van der Waals surface area contributed by atoms with Gasteiger partial charge in [-0.1, -0.05) is 0 Å². The second-order valence-electron chi connectivity index (χ2n) is 2.20. The van der Waals surface area contributed by atoms with Gasteiger partial charge in [0.15, 0.2) is 0 Å². The molecule has 2 rings (SSSR count). The van der Waals surface area contributed by atoms with Crippen LogP contribution in [0.25, 0.3) is 0 Å². The maximum absolute atomic E-state index is 10.9. The summed E-state index contributed by atoms with van der Waals surface area (Å²) in [6.07, 6.45) is 4.39. The molecule has 53 valence electrons. The summed E-state index contributed by atoms with van der Waals surface area (Å²) < 4.78 is 0. The molecule has 4 heteroatoms. The van der Waals surface area contributed by atoms with Crippen LogP contribution < -0.4 is 10.3 Å². The van der Waals surface area contributed by atoms with Crippen molar-refractivity contribution in [3.63, 3.8) is 0 Å². The van der Waals surface area contributed by atoms with Crippen molar-refractivity contribution < 1.29 is 9.59 Å². The number of carbonyl (C=O) groups excluding carboxylic acids is 2. The summed E-state index contributed by atoms with van der Waals surface area (Å²) in [4.78, 5) is 25.5. The number of hydrogen-bond donors (Lipinski definition) is 1. The Morgan fingerprint density at radius 2 is 1.91 bits per heavy atom. The number of carbonyl (C=O) groups is 2. The lowest BCUT2D eigenvalue weighted by atomic mass is 10.1. The van der Waals surface area contributed by atoms with Crippen molar-refractivity contribution in [1.29, 1.82) is 0 Å². The van der Waals surface area contributed by atoms with Gasteiger partial charge in [-0.3, -0.25) is 14.9 Å². The largest absolute Gasteiger partial charge is 0.288 e. The highest BCUT2D eigenvalue weighted by atomic mass is 16.2. The second kappa shape index (κ2) is 1.88. The Bertz CT molecular complexity index is 304. The molecule has 0 bridgehead atoms. The molecule has 0 aromatic heterocycles. The van der Waals surface area contributed by atoms with E-state index in [4.69, 9.17) is 0 Å². The van der Waals surface area contributed by atoms with Crippen LogP contribution in [0.1, 0.15) is 0 Å². The zero-order chi connectivity index (χ0) is 7.84. The molecule has 0 aromatic carbocycles. The molecule has 2 aliphatic rings. The van der Waals surface area contributed by atoms with Crippen LogP contribution in [-0.4, -0.2) is 18.0 Å². The van der Waals surface area contributed by atoms with E-state index in [0.29, 0.717) is 11.1 Å². The Hall–Kier alpha value is -1.71. The highest BCUT2D eigenvalue weighted by Crippen LogP contribution is 2.12. The molecule has 1 N–H and O–H groups in total. The fourth-order valence-corrected chi connectivity index (χ4v) is 1.01. The van der Waals surface area contributed by atoms with Gasteiger partial charge in [-0.2, -0.15) is 0 Å². The smallest absolute Gasteiger partial charge is 0.265 e. The van der Waals surface area contributed by atoms with Crippen molar-refractivity contribution in [2.24, 2.45) is 0 Å². The fourth-order valence-electron chi connectivity index (χ4n) is 1.01. The van der Waals surface area contributed by atoms with E-state index in [1.165, 1.54) is 18.5 Å². The molecule has 2 aliphatic heterocycles. The van der Waals surface area contributed by atoms with Gasteiger partial charge in [0, 0.05) is 6.08 Å². The van der Waals surface area contributed by atoms with Crippen LogP contribution in [0.5, 0.6) is 0 Å². The third-order valence-corrected chi connectivity index (χ3v) is 1.54. The second-order valence-corrected chi connectivity index (χ2v) is 2.20. The Morgan fingerprint density at radius 3 is 2.64 bits per heavy atom. The molecule has 4 nitrogen and oxygen atoms in total. The molecule has 11 heavy (non-hydrogen) atoms. The third-order valence-electron chi connectivity index (χ3n) is 1.54. The maximum atomic E-state index is 10.9. The lowest BCUT2D eigenvalue weighted by Crippen LogP contribution is -2.23. The third kappa shape index (κ3) is 0.724. The lowest BCUT2D eigenvalue weighted by molar-refractivity contribution is -0.123. The summed E-state index contributed by atoms with van der Waals surface area (Å²) in [5, 5.41) is 2.16. The maximum Gasteiger partial charge on any atom is 0.265 e. The van der Waals surface area contributed by atoms with Crippen molar-refractivity contribution >= 4 is 18.0 Å². The van der Waals surface area contributed by atoms with Gasteiger partial charge in [-0.15, -0.1) is 0 Å². The fraction of sp³-hybridized carbons (Fsp3) is 0. The number of hydrogen-bond acceptors (Lipinski definition) is 3. The molecule has 0 unspecified atom stereocenters. The molecule has 0 fully saturated rings. The number of nitrogens with zero attached hydrogens (tertiary/aromatic N) is 1. The minimum absolute atomic E-state index is 0.340. The lowest BCUT2D eigenvalue weighted by Gasteiger charge is -1.86. The summed E-state index contributed by atoms with van der Waals surface area (Å²) in [5.74, 6) is -0.703. The van der Waals surface area contributed by atoms with Crippen molar-refractivity contribution in [2.45, 2.75) is 0 Å². The molecule has 0 aliphatic carbocycles. The van der Waals surface area contributed by atoms with E-state index in [0.717, 1.165) is 0 Å². The van der Waals surface area contributed by atoms with Crippen LogP contribution in [0.3, 0.4) is 0 Å². The zero-order valence-electron chi connectivity index (χ0n) is 5.50. The van der Waals surface area contributed by atoms with Gasteiger partial charge < -0.3 is 0 Å². The summed E-state index contributed by atoms with van der Waals surface area (Å²) in [6.45, 7) is 0. The molecule has 1 radical (unpaired) electrons. The first-order chi connectivity index (χ1) is 5.29. The summed E-state index contributed by atoms with van der Waals surface area (Å²) in [6, 6.07) is 0. The van der Waals surface area contributed by atoms with Gasteiger partial charge in [-0.05, 0) is 0 Å². The highest BCUT2D eigenvalue weighted by molar-refractivity contribution is 6.29. The van der Waals surface area contributed by atoms with E-state index >= 15 is 0 Å². The first-order valence-electron chi connectivity index (χ1n) is 3.09. The topological polar surface area (TPSA) is 60.3 Å². The van der Waals surface area contributed by atoms with Crippen molar-refractivity contribution in [1.82, 2.24) is 10.3 Å². The van der Waals surface area contributed by atoms with Gasteiger partial charge >= 0.3 is 0 Å². The average molecular weight is 148 g/mol. The minimum Gasteiger partial charge on any atom is -0.288 e. The number of imide groups is 1. The van der Waals surface area contributed by atoms with Crippen molar-refractivity contribution in [3.8, 4) is 0 Å². The predicted octanol–water partition coefficient (Wildman–Crippen LogP) is -1.13. The van der Waals surface area contributed by atoms with Gasteiger partial charge in [0.25, 0.3) is 18.0 Å². The van der Waals surface area contributed by atoms with E-state index < -0.39 is 0 Å². The number of aliphatic imine (C=N–C) groups is 1. The Balaban J connectivity index is 2.59. The van der Waals surface area contributed by atoms with Gasteiger partial charge in [0.1, 0.15) is 5.57 Å². The molecular weight excluding hydrogens is 144 g/mol. The first-order valence-corrected chi connectivity index (χ1v) is 3.09. The van der Waals surface area contributed by atoms with E-state index in [1.54, 1.807) is 0 Å². The van der Waals surface area contributed by atoms with E-state index in [-0.39, 0.29) is 11.8 Å². The summed E-state index contributed by atoms with van der Waals surface area (Å²) in [5.41, 5.74) is 0.766. The molecule has 2 heterocycles. The molecular formula is C7H4N2O2+. The molecule has 0 saturated heterocycles. The van der Waals surface area contributed by atoms with Crippen LogP contribution >= 0.6 is 0 Å². The SMILES string of the molecule is O=C1NC(=O)C2=C1C=C[N+]=C2. The number of amides is 2. The first kappa shape index (κ1) is 6.03. The van der Waals surface area contributed by atoms with Crippen molar-refractivity contribution in [2.75, 3.05) is 0 Å². The van der Waals surface area contributed by atoms with Crippen LogP contribution in [0.2, 0.25) is 0 Å². The van der Waals surface area contributed by atoms with Crippen LogP contribution in [0.4, 0.5) is 0 Å². The summed E-state index contributed by atoms with van der Waals surface area (Å²) >= 11 is 0. The average Bonchev–Trinajstić information content (AvgIpc) is 2.30. The van der Waals surface area contributed by atoms with Gasteiger partial charge in [-0.25, -0.2) is 0 Å². The zero-order valence-corrected chi connectivity index (χ0v) is 5.50. The normalized spacial score (nSPS) is 20.7. The quantitative estimate of drug-likeness (QED) is 0.442. The molecule has 0 atom stereocenters. The van der Waals surface area contributed by atoms with Crippen LogP contribution in [-0.2, 0) is 9.59 Å². The van der Waals surface area contributed by atoms with Gasteiger partial charge in [0.05, 0.1) is 10.6 Å². The monoisotopic (exact) mass is 148 g/mol. The van der Waals surface area contributed by atoms with Crippen molar-refractivity contribution in [3.05, 3.63) is 23.4 Å². The predicted molar refractivity (Wildman–Crippen MR) is 37.5 cm³/mol. The molecule has 0 spiro atoms. The van der Waals surface area contributed by atoms with Gasteiger partial charge in [0.2, 0.25) is 6.20 Å². The molecule has 0 aromatic rings. The molecule has 0 saturated carbocycles. The standard InChI is InChI=1S/C7H4N2O2/c10-6-4-1-2-8-3-5(4)7(11)9-6/h1-3H,(H,9,10,11)/q+1. The Kier molecular flexibility index (Phi) is 1.03. The molecule has 2 amide bonds. The summed E-state index contributed by atoms with van der Waals surface area (Å²) in [7, 11) is 0. The van der Waals surface area contributed by atoms with Crippen LogP contribution in [0.15, 0.2) is 23.4 Å². The van der Waals surface area contributed by atoms with E-state index in [1.807, 2.05) is 0 Å². The Labute approximate surface area is 62.3 Å². The van der Waals surface area contributed by atoms with E-state index in [2.05, 4.69) is 10.3 Å². The Morgan fingerprint density at radius 1 is 1.18 bits per heavy atom. The number of nitrogens with one attached hydrogen (secondary N) is 1. The van der Waals surface area contributed by atoms with E-state index in [9.17, 15) is 9.59 Å². The highest BCUT2D eigenvalue weighted by Gasteiger charge is 2.31.